The summed E-state index contributed by atoms with van der Waals surface area (Å²) in [7, 11) is 0. The molecule has 1 fully saturated rings. The summed E-state index contributed by atoms with van der Waals surface area (Å²) < 4.78 is 0. The molecule has 0 spiro atoms. The number of carbonyl (C=O) groups excluding carboxylic acids is 1. The summed E-state index contributed by atoms with van der Waals surface area (Å²) in [4.78, 5) is 14.3. The normalized spacial score (nSPS) is 24.8. The van der Waals surface area contributed by atoms with Gasteiger partial charge in [0.25, 0.3) is 0 Å². The summed E-state index contributed by atoms with van der Waals surface area (Å²) in [6.45, 7) is 9.84. The van der Waals surface area contributed by atoms with Gasteiger partial charge in [0.05, 0.1) is 12.6 Å². The third-order valence-corrected chi connectivity index (χ3v) is 4.44. The van der Waals surface area contributed by atoms with Crippen molar-refractivity contribution < 1.29 is 4.79 Å². The number of carbonyl (C=O) groups is 1. The number of nitrogens with zero attached hydrogens (tertiary/aromatic N) is 2. The molecule has 3 atom stereocenters. The lowest BCUT2D eigenvalue weighted by atomic mass is 9.90. The minimum atomic E-state index is -0.798. The van der Waals surface area contributed by atoms with Crippen molar-refractivity contribution in [2.45, 2.75) is 52.1 Å². The van der Waals surface area contributed by atoms with E-state index in [9.17, 15) is 10.1 Å². The number of rotatable bonds is 5. The Bertz CT molecular complexity index is 375. The second-order valence-corrected chi connectivity index (χ2v) is 6.51. The number of amides is 1. The molecule has 1 amide bonds. The highest BCUT2D eigenvalue weighted by Crippen LogP contribution is 2.19. The predicted octanol–water partition coefficient (Wildman–Crippen LogP) is 1.10. The maximum atomic E-state index is 12.1. The van der Waals surface area contributed by atoms with Gasteiger partial charge < -0.3 is 11.1 Å². The molecule has 0 aromatic heterocycles. The van der Waals surface area contributed by atoms with E-state index in [4.69, 9.17) is 5.73 Å². The van der Waals surface area contributed by atoms with Crippen LogP contribution in [-0.4, -0.2) is 42.0 Å². The number of nitriles is 1. The number of piperidine rings is 1. The Kier molecular flexibility index (Phi) is 5.97. The number of hydrogen-bond acceptors (Lipinski definition) is 4. The molecule has 5 heteroatoms. The van der Waals surface area contributed by atoms with Crippen LogP contribution in [0, 0.1) is 23.2 Å². The van der Waals surface area contributed by atoms with Gasteiger partial charge >= 0.3 is 0 Å². The van der Waals surface area contributed by atoms with Gasteiger partial charge in [0.15, 0.2) is 0 Å². The van der Waals surface area contributed by atoms with Crippen LogP contribution in [0.3, 0.4) is 0 Å². The Hall–Kier alpha value is -1.12. The molecule has 0 aromatic rings. The average Bonchev–Trinajstić information content (AvgIpc) is 2.38. The maximum absolute atomic E-state index is 12.1. The molecule has 0 saturated carbocycles. The molecule has 114 valence electrons. The first-order chi connectivity index (χ1) is 9.28. The smallest absolute Gasteiger partial charge is 0.235 e. The van der Waals surface area contributed by atoms with E-state index in [-0.39, 0.29) is 17.9 Å². The van der Waals surface area contributed by atoms with Gasteiger partial charge in [0.1, 0.15) is 5.54 Å². The lowest BCUT2D eigenvalue weighted by Gasteiger charge is -2.35. The zero-order valence-corrected chi connectivity index (χ0v) is 13.1. The standard InChI is InChI=1S/C15H28N4O/c1-11(2)15(4,10-16)18-14(20)9-19-7-5-6-13(8-19)12(3)17/h11-13H,5-9,17H2,1-4H3,(H,18,20). The second-order valence-electron chi connectivity index (χ2n) is 6.51. The number of nitrogens with one attached hydrogen (secondary N) is 1. The molecule has 5 nitrogen and oxygen atoms in total. The van der Waals surface area contributed by atoms with Crippen LogP contribution in [0.1, 0.15) is 40.5 Å². The fourth-order valence-electron chi connectivity index (χ4n) is 2.50. The third-order valence-electron chi connectivity index (χ3n) is 4.44. The lowest BCUT2D eigenvalue weighted by molar-refractivity contribution is -0.124. The first kappa shape index (κ1) is 16.9. The molecule has 1 aliphatic heterocycles. The largest absolute Gasteiger partial charge is 0.337 e. The van der Waals surface area contributed by atoms with Crippen molar-refractivity contribution >= 4 is 5.91 Å². The Morgan fingerprint density at radius 3 is 2.70 bits per heavy atom. The molecular weight excluding hydrogens is 252 g/mol. The highest BCUT2D eigenvalue weighted by molar-refractivity contribution is 5.79. The highest BCUT2D eigenvalue weighted by Gasteiger charge is 2.31. The van der Waals surface area contributed by atoms with Crippen LogP contribution in [0.25, 0.3) is 0 Å². The summed E-state index contributed by atoms with van der Waals surface area (Å²) in [5.41, 5.74) is 5.15. The van der Waals surface area contributed by atoms with Crippen molar-refractivity contribution in [1.82, 2.24) is 10.2 Å². The van der Waals surface area contributed by atoms with Crippen LogP contribution >= 0.6 is 0 Å². The minimum absolute atomic E-state index is 0.0759. The molecule has 0 bridgehead atoms. The number of hydrogen-bond donors (Lipinski definition) is 2. The number of likely N-dealkylation sites (tertiary alicyclic amines) is 1. The maximum Gasteiger partial charge on any atom is 0.235 e. The van der Waals surface area contributed by atoms with E-state index < -0.39 is 5.54 Å². The molecule has 1 rings (SSSR count). The van der Waals surface area contributed by atoms with Gasteiger partial charge in [0, 0.05) is 12.6 Å². The van der Waals surface area contributed by atoms with Crippen LogP contribution in [0.15, 0.2) is 0 Å². The summed E-state index contributed by atoms with van der Waals surface area (Å²) in [6.07, 6.45) is 2.22. The lowest BCUT2D eigenvalue weighted by Crippen LogP contribution is -2.53. The average molecular weight is 280 g/mol. The van der Waals surface area contributed by atoms with E-state index in [1.54, 1.807) is 6.92 Å². The predicted molar refractivity (Wildman–Crippen MR) is 79.8 cm³/mol. The Labute approximate surface area is 122 Å². The van der Waals surface area contributed by atoms with Gasteiger partial charge in [0.2, 0.25) is 5.91 Å². The van der Waals surface area contributed by atoms with Crippen LogP contribution in [-0.2, 0) is 4.79 Å². The summed E-state index contributed by atoms with van der Waals surface area (Å²) in [5.74, 6) is 0.465. The van der Waals surface area contributed by atoms with Gasteiger partial charge in [-0.1, -0.05) is 13.8 Å². The van der Waals surface area contributed by atoms with Crippen LogP contribution in [0.2, 0.25) is 0 Å². The van der Waals surface area contributed by atoms with E-state index in [0.717, 1.165) is 25.9 Å². The molecule has 20 heavy (non-hydrogen) atoms. The number of nitrogens with two attached hydrogens (primary N) is 1. The van der Waals surface area contributed by atoms with Gasteiger partial charge in [-0.15, -0.1) is 0 Å². The topological polar surface area (TPSA) is 82.2 Å². The van der Waals surface area contributed by atoms with Gasteiger partial charge in [-0.2, -0.15) is 5.26 Å². The van der Waals surface area contributed by atoms with E-state index >= 15 is 0 Å². The van der Waals surface area contributed by atoms with Gasteiger partial charge in [-0.3, -0.25) is 9.69 Å². The highest BCUT2D eigenvalue weighted by atomic mass is 16.2. The van der Waals surface area contributed by atoms with Crippen molar-refractivity contribution in [3.63, 3.8) is 0 Å². The summed E-state index contributed by atoms with van der Waals surface area (Å²) in [6, 6.07) is 2.37. The molecule has 0 aliphatic carbocycles. The van der Waals surface area contributed by atoms with Crippen molar-refractivity contribution in [3.05, 3.63) is 0 Å². The van der Waals surface area contributed by atoms with Crippen molar-refractivity contribution in [1.29, 1.82) is 5.26 Å². The Morgan fingerprint density at radius 2 is 2.20 bits per heavy atom. The molecule has 3 N–H and O–H groups in total. The Balaban J connectivity index is 2.52. The molecule has 0 radical (unpaired) electrons. The second kappa shape index (κ2) is 7.05. The monoisotopic (exact) mass is 280 g/mol. The van der Waals surface area contributed by atoms with Crippen LogP contribution in [0.4, 0.5) is 0 Å². The molecule has 3 unspecified atom stereocenters. The van der Waals surface area contributed by atoms with E-state index in [2.05, 4.69) is 16.3 Å². The zero-order valence-electron chi connectivity index (χ0n) is 13.1. The molecule has 1 saturated heterocycles. The zero-order chi connectivity index (χ0) is 15.3. The summed E-state index contributed by atoms with van der Waals surface area (Å²) >= 11 is 0. The van der Waals surface area contributed by atoms with E-state index in [1.165, 1.54) is 0 Å². The van der Waals surface area contributed by atoms with Crippen molar-refractivity contribution in [3.8, 4) is 6.07 Å². The van der Waals surface area contributed by atoms with Crippen molar-refractivity contribution in [2.24, 2.45) is 17.6 Å². The molecule has 0 aromatic carbocycles. The van der Waals surface area contributed by atoms with Gasteiger partial charge in [-0.05, 0) is 45.1 Å². The fraction of sp³-hybridized carbons (Fsp3) is 0.867. The minimum Gasteiger partial charge on any atom is -0.337 e. The van der Waals surface area contributed by atoms with E-state index in [0.29, 0.717) is 12.5 Å². The fourth-order valence-corrected chi connectivity index (χ4v) is 2.50. The molecule has 1 aliphatic rings. The molecule has 1 heterocycles. The first-order valence-corrected chi connectivity index (χ1v) is 7.48. The third kappa shape index (κ3) is 4.46. The molecular formula is C15H28N4O. The first-order valence-electron chi connectivity index (χ1n) is 7.48. The van der Waals surface area contributed by atoms with Gasteiger partial charge in [-0.25, -0.2) is 0 Å². The van der Waals surface area contributed by atoms with Crippen molar-refractivity contribution in [2.75, 3.05) is 19.6 Å². The SMILES string of the molecule is CC(N)C1CCCN(CC(=O)NC(C)(C#N)C(C)C)C1. The quantitative estimate of drug-likeness (QED) is 0.790. The van der Waals surface area contributed by atoms with Crippen LogP contribution < -0.4 is 11.1 Å². The Morgan fingerprint density at radius 1 is 1.55 bits per heavy atom. The summed E-state index contributed by atoms with van der Waals surface area (Å²) in [5, 5.41) is 12.1. The van der Waals surface area contributed by atoms with Crippen LogP contribution in [0.5, 0.6) is 0 Å². The van der Waals surface area contributed by atoms with E-state index in [1.807, 2.05) is 20.8 Å².